The molecule has 0 unspecified atom stereocenters. The zero-order valence-corrected chi connectivity index (χ0v) is 20.9. The maximum atomic E-state index is 13.8. The van der Waals surface area contributed by atoms with E-state index >= 15 is 0 Å². The van der Waals surface area contributed by atoms with E-state index in [0.717, 1.165) is 32.1 Å². The standard InChI is InChI=1S/C27H40O6/c1-15(6-9-24(31)32-5)19-7-8-20-25-21(14-23(30)27(19,20)4)26(3)11-10-18(33-16(2)28)12-17(26)13-22(25)29/h15,17-21,25H,6-14H2,1-5H3/t15-,17+,18-,19+,20-,21+,25+,26+,27-/m1/s1. The average Bonchev–Trinajstić information content (AvgIpc) is 3.11. The molecule has 0 N–H and O–H groups in total. The van der Waals surface area contributed by atoms with Crippen LogP contribution in [0.15, 0.2) is 0 Å². The summed E-state index contributed by atoms with van der Waals surface area (Å²) < 4.78 is 10.3. The molecule has 6 heteroatoms. The van der Waals surface area contributed by atoms with Crippen LogP contribution < -0.4 is 0 Å². The zero-order chi connectivity index (χ0) is 24.1. The number of hydrogen-bond acceptors (Lipinski definition) is 6. The average molecular weight is 461 g/mol. The lowest BCUT2D eigenvalue weighted by molar-refractivity contribution is -0.172. The van der Waals surface area contributed by atoms with Crippen molar-refractivity contribution in [1.82, 2.24) is 0 Å². The van der Waals surface area contributed by atoms with Crippen molar-refractivity contribution in [2.45, 2.75) is 91.6 Å². The Morgan fingerprint density at radius 2 is 1.82 bits per heavy atom. The highest BCUT2D eigenvalue weighted by molar-refractivity contribution is 5.92. The van der Waals surface area contributed by atoms with Gasteiger partial charge in [0.25, 0.3) is 0 Å². The summed E-state index contributed by atoms with van der Waals surface area (Å²) >= 11 is 0. The summed E-state index contributed by atoms with van der Waals surface area (Å²) in [6.07, 6.45) is 6.30. The molecule has 0 aromatic rings. The normalized spacial score (nSPS) is 43.2. The number of carbonyl (C=O) groups excluding carboxylic acids is 4. The maximum Gasteiger partial charge on any atom is 0.305 e. The van der Waals surface area contributed by atoms with E-state index in [9.17, 15) is 19.2 Å². The molecule has 0 aliphatic heterocycles. The number of ketones is 2. The highest BCUT2D eigenvalue weighted by Crippen LogP contribution is 2.66. The van der Waals surface area contributed by atoms with Gasteiger partial charge in [0, 0.05) is 37.5 Å². The Hall–Kier alpha value is -1.72. The van der Waals surface area contributed by atoms with Gasteiger partial charge in [-0.15, -0.1) is 0 Å². The second kappa shape index (κ2) is 8.81. The zero-order valence-electron chi connectivity index (χ0n) is 20.9. The van der Waals surface area contributed by atoms with Gasteiger partial charge in [0.05, 0.1) is 7.11 Å². The van der Waals surface area contributed by atoms with Gasteiger partial charge >= 0.3 is 11.9 Å². The summed E-state index contributed by atoms with van der Waals surface area (Å²) in [5, 5.41) is 0. The van der Waals surface area contributed by atoms with Crippen molar-refractivity contribution in [3.63, 3.8) is 0 Å². The minimum absolute atomic E-state index is 0.0444. The summed E-state index contributed by atoms with van der Waals surface area (Å²) in [7, 11) is 1.41. The first-order valence-corrected chi connectivity index (χ1v) is 12.8. The van der Waals surface area contributed by atoms with E-state index in [1.165, 1.54) is 14.0 Å². The molecule has 4 aliphatic carbocycles. The molecule has 33 heavy (non-hydrogen) atoms. The number of rotatable bonds is 5. The predicted octanol–water partition coefficient (Wildman–Crippen LogP) is 4.52. The first-order valence-electron chi connectivity index (χ1n) is 12.8. The highest BCUT2D eigenvalue weighted by Gasteiger charge is 2.66. The molecule has 0 spiro atoms. The van der Waals surface area contributed by atoms with E-state index in [4.69, 9.17) is 9.47 Å². The van der Waals surface area contributed by atoms with E-state index in [1.807, 2.05) is 0 Å². The van der Waals surface area contributed by atoms with Crippen LogP contribution in [0, 0.1) is 46.3 Å². The molecule has 4 saturated carbocycles. The van der Waals surface area contributed by atoms with Crippen molar-refractivity contribution in [3.05, 3.63) is 0 Å². The summed E-state index contributed by atoms with van der Waals surface area (Å²) in [5.41, 5.74) is -0.536. The van der Waals surface area contributed by atoms with Crippen LogP contribution in [-0.2, 0) is 28.7 Å². The predicted molar refractivity (Wildman–Crippen MR) is 122 cm³/mol. The maximum absolute atomic E-state index is 13.8. The molecule has 4 aliphatic rings. The molecule has 0 aromatic carbocycles. The van der Waals surface area contributed by atoms with Crippen LogP contribution in [-0.4, -0.2) is 36.7 Å². The third-order valence-corrected chi connectivity index (χ3v) is 10.4. The largest absolute Gasteiger partial charge is 0.469 e. The van der Waals surface area contributed by atoms with E-state index in [1.54, 1.807) is 0 Å². The molecule has 4 rings (SSSR count). The molecule has 0 saturated heterocycles. The Morgan fingerprint density at radius 1 is 1.09 bits per heavy atom. The van der Waals surface area contributed by atoms with Crippen molar-refractivity contribution < 1.29 is 28.7 Å². The molecular weight excluding hydrogens is 420 g/mol. The second-order valence-corrected chi connectivity index (χ2v) is 11.8. The number of methoxy groups -OCH3 is 1. The lowest BCUT2D eigenvalue weighted by Crippen LogP contribution is -2.60. The van der Waals surface area contributed by atoms with Crippen LogP contribution in [0.4, 0.5) is 0 Å². The Balaban J connectivity index is 1.56. The van der Waals surface area contributed by atoms with E-state index < -0.39 is 5.41 Å². The topological polar surface area (TPSA) is 86.7 Å². The molecule has 4 fully saturated rings. The van der Waals surface area contributed by atoms with Crippen LogP contribution in [0.5, 0.6) is 0 Å². The molecule has 0 radical (unpaired) electrons. The van der Waals surface area contributed by atoms with Crippen LogP contribution in [0.1, 0.15) is 85.5 Å². The number of ether oxygens (including phenoxy) is 2. The van der Waals surface area contributed by atoms with E-state index in [-0.39, 0.29) is 59.0 Å². The third kappa shape index (κ3) is 3.95. The van der Waals surface area contributed by atoms with Crippen LogP contribution in [0.3, 0.4) is 0 Å². The van der Waals surface area contributed by atoms with Crippen molar-refractivity contribution in [2.75, 3.05) is 7.11 Å². The van der Waals surface area contributed by atoms with Gasteiger partial charge in [-0.3, -0.25) is 19.2 Å². The molecule has 6 nitrogen and oxygen atoms in total. The van der Waals surface area contributed by atoms with Crippen molar-refractivity contribution in [2.24, 2.45) is 46.3 Å². The fourth-order valence-electron chi connectivity index (χ4n) is 8.55. The number of hydrogen-bond donors (Lipinski definition) is 0. The molecule has 0 aromatic heterocycles. The summed E-state index contributed by atoms with van der Waals surface area (Å²) in [6.45, 7) is 7.99. The van der Waals surface area contributed by atoms with Gasteiger partial charge in [-0.25, -0.2) is 0 Å². The van der Waals surface area contributed by atoms with Crippen LogP contribution >= 0.6 is 0 Å². The molecule has 0 heterocycles. The number of Topliss-reactive ketones (excluding diaryl/α,β-unsaturated/α-hetero) is 2. The van der Waals surface area contributed by atoms with Crippen molar-refractivity contribution >= 4 is 23.5 Å². The fraction of sp³-hybridized carbons (Fsp3) is 0.852. The first-order chi connectivity index (χ1) is 15.5. The van der Waals surface area contributed by atoms with Gasteiger partial charge in [0.15, 0.2) is 0 Å². The van der Waals surface area contributed by atoms with E-state index in [0.29, 0.717) is 37.2 Å². The molecule has 9 atom stereocenters. The fourth-order valence-corrected chi connectivity index (χ4v) is 8.55. The second-order valence-electron chi connectivity index (χ2n) is 11.8. The number of fused-ring (bicyclic) bond motifs is 5. The summed E-state index contributed by atoms with van der Waals surface area (Å²) in [4.78, 5) is 50.6. The third-order valence-electron chi connectivity index (χ3n) is 10.4. The van der Waals surface area contributed by atoms with Crippen molar-refractivity contribution in [3.8, 4) is 0 Å². The van der Waals surface area contributed by atoms with Crippen molar-refractivity contribution in [1.29, 1.82) is 0 Å². The lowest BCUT2D eigenvalue weighted by Gasteiger charge is -2.59. The number of esters is 2. The Labute approximate surface area is 197 Å². The van der Waals surface area contributed by atoms with Gasteiger partial charge in [-0.1, -0.05) is 20.8 Å². The molecule has 0 amide bonds. The minimum Gasteiger partial charge on any atom is -0.469 e. The van der Waals surface area contributed by atoms with Gasteiger partial charge in [0.1, 0.15) is 17.7 Å². The highest BCUT2D eigenvalue weighted by atomic mass is 16.5. The quantitative estimate of drug-likeness (QED) is 0.561. The Bertz CT molecular complexity index is 834. The minimum atomic E-state index is -0.482. The summed E-state index contributed by atoms with van der Waals surface area (Å²) in [6, 6.07) is 0. The van der Waals surface area contributed by atoms with Gasteiger partial charge in [0.2, 0.25) is 0 Å². The molecular formula is C27H40O6. The number of carbonyl (C=O) groups is 4. The van der Waals surface area contributed by atoms with Gasteiger partial charge in [-0.05, 0) is 73.5 Å². The van der Waals surface area contributed by atoms with E-state index in [2.05, 4.69) is 20.8 Å². The molecule has 184 valence electrons. The van der Waals surface area contributed by atoms with Crippen LogP contribution in [0.25, 0.3) is 0 Å². The summed E-state index contributed by atoms with van der Waals surface area (Å²) in [5.74, 6) is 0.945. The monoisotopic (exact) mass is 460 g/mol. The Morgan fingerprint density at radius 3 is 2.48 bits per heavy atom. The SMILES string of the molecule is COC(=O)CC[C@@H](C)[C@@H]1CC[C@@H]2[C@@H]3C(=O)C[C@@H]4C[C@H](OC(C)=O)CC[C@]4(C)[C@H]3CC(=O)[C@@]21C. The first kappa shape index (κ1) is 24.4. The lowest BCUT2D eigenvalue weighted by atomic mass is 9.43. The van der Waals surface area contributed by atoms with Gasteiger partial charge in [-0.2, -0.15) is 0 Å². The molecule has 0 bridgehead atoms. The van der Waals surface area contributed by atoms with Gasteiger partial charge < -0.3 is 9.47 Å². The smallest absolute Gasteiger partial charge is 0.305 e. The van der Waals surface area contributed by atoms with Crippen LogP contribution in [0.2, 0.25) is 0 Å². The Kier molecular flexibility index (Phi) is 6.52.